The summed E-state index contributed by atoms with van der Waals surface area (Å²) in [5.74, 6) is -3.21. The number of benzene rings is 2. The molecule has 2 aromatic carbocycles. The van der Waals surface area contributed by atoms with Gasteiger partial charge >= 0.3 is 5.97 Å². The molecule has 0 fully saturated rings. The number of esters is 1. The Morgan fingerprint density at radius 2 is 1.87 bits per heavy atom. The summed E-state index contributed by atoms with van der Waals surface area (Å²) in [6.07, 6.45) is 1.50. The fourth-order valence-corrected chi connectivity index (χ4v) is 3.39. The van der Waals surface area contributed by atoms with Crippen LogP contribution < -0.4 is 4.74 Å². The van der Waals surface area contributed by atoms with Gasteiger partial charge in [0.05, 0.1) is 25.9 Å². The average Bonchev–Trinajstić information content (AvgIpc) is 3.21. The standard InChI is InChI=1S/C22H21NO7/c1-3-29-22(25)20(21(24)15-6-8-17(28-2)9-7-15)18(13-23(26)27)16-5-4-14-10-11-30-19(14)12-16/h4-12,18,20H,3,13H2,1-2H3. The molecule has 1 heterocycles. The first-order valence-corrected chi connectivity index (χ1v) is 9.38. The maximum Gasteiger partial charge on any atom is 0.317 e. The molecule has 0 saturated heterocycles. The summed E-state index contributed by atoms with van der Waals surface area (Å²) in [5, 5.41) is 12.2. The highest BCUT2D eigenvalue weighted by molar-refractivity contribution is 6.09. The summed E-state index contributed by atoms with van der Waals surface area (Å²) >= 11 is 0. The topological polar surface area (TPSA) is 109 Å². The largest absolute Gasteiger partial charge is 0.497 e. The molecule has 0 bridgehead atoms. The van der Waals surface area contributed by atoms with E-state index in [9.17, 15) is 19.7 Å². The van der Waals surface area contributed by atoms with Crippen LogP contribution in [0.2, 0.25) is 0 Å². The highest BCUT2D eigenvalue weighted by atomic mass is 16.6. The van der Waals surface area contributed by atoms with Gasteiger partial charge in [-0.15, -0.1) is 0 Å². The Hall–Kier alpha value is -3.68. The van der Waals surface area contributed by atoms with Gasteiger partial charge in [-0.1, -0.05) is 12.1 Å². The minimum atomic E-state index is -1.38. The average molecular weight is 411 g/mol. The number of nitro groups is 1. The lowest BCUT2D eigenvalue weighted by atomic mass is 9.81. The highest BCUT2D eigenvalue weighted by Gasteiger charge is 2.40. The number of fused-ring (bicyclic) bond motifs is 1. The van der Waals surface area contributed by atoms with Crippen LogP contribution in [-0.2, 0) is 9.53 Å². The zero-order valence-corrected chi connectivity index (χ0v) is 16.6. The highest BCUT2D eigenvalue weighted by Crippen LogP contribution is 2.32. The SMILES string of the molecule is CCOC(=O)C(C(=O)c1ccc(OC)cc1)C(C[N+](=O)[O-])c1ccc2ccoc2c1. The summed E-state index contributed by atoms with van der Waals surface area (Å²) in [6, 6.07) is 13.0. The van der Waals surface area contributed by atoms with E-state index in [1.165, 1.54) is 25.5 Å². The Morgan fingerprint density at radius 3 is 2.50 bits per heavy atom. The molecule has 2 atom stereocenters. The van der Waals surface area contributed by atoms with Crippen LogP contribution in [0.1, 0.15) is 28.8 Å². The number of rotatable bonds is 9. The molecular formula is C22H21NO7. The minimum Gasteiger partial charge on any atom is -0.497 e. The van der Waals surface area contributed by atoms with Crippen LogP contribution in [0.15, 0.2) is 59.2 Å². The van der Waals surface area contributed by atoms with Crippen LogP contribution in [0.25, 0.3) is 11.0 Å². The van der Waals surface area contributed by atoms with Gasteiger partial charge in [-0.25, -0.2) is 0 Å². The summed E-state index contributed by atoms with van der Waals surface area (Å²) < 4.78 is 15.6. The number of methoxy groups -OCH3 is 1. The normalized spacial score (nSPS) is 12.9. The number of hydrogen-bond donors (Lipinski definition) is 0. The second-order valence-electron chi connectivity index (χ2n) is 6.66. The van der Waals surface area contributed by atoms with Crippen molar-refractivity contribution in [1.82, 2.24) is 0 Å². The zero-order valence-electron chi connectivity index (χ0n) is 16.6. The lowest BCUT2D eigenvalue weighted by Gasteiger charge is -2.22. The van der Waals surface area contributed by atoms with Crippen molar-refractivity contribution in [1.29, 1.82) is 0 Å². The lowest BCUT2D eigenvalue weighted by molar-refractivity contribution is -0.484. The van der Waals surface area contributed by atoms with Gasteiger partial charge in [0.1, 0.15) is 17.3 Å². The molecule has 8 nitrogen and oxygen atoms in total. The number of furan rings is 1. The molecule has 3 rings (SSSR count). The smallest absolute Gasteiger partial charge is 0.317 e. The maximum atomic E-state index is 13.3. The van der Waals surface area contributed by atoms with Crippen molar-refractivity contribution in [2.45, 2.75) is 12.8 Å². The molecule has 0 aliphatic carbocycles. The van der Waals surface area contributed by atoms with Crippen LogP contribution in [-0.4, -0.2) is 36.9 Å². The van der Waals surface area contributed by atoms with Crippen LogP contribution in [0.5, 0.6) is 5.75 Å². The van der Waals surface area contributed by atoms with Gasteiger partial charge in [0.2, 0.25) is 6.54 Å². The molecule has 0 aliphatic rings. The number of ether oxygens (including phenoxy) is 2. The van der Waals surface area contributed by atoms with E-state index in [2.05, 4.69) is 0 Å². The van der Waals surface area contributed by atoms with Crippen molar-refractivity contribution in [2.24, 2.45) is 5.92 Å². The molecule has 0 aliphatic heterocycles. The summed E-state index contributed by atoms with van der Waals surface area (Å²) in [4.78, 5) is 36.9. The molecule has 1 aromatic heterocycles. The predicted octanol–water partition coefficient (Wildman–Crippen LogP) is 3.86. The van der Waals surface area contributed by atoms with E-state index >= 15 is 0 Å². The van der Waals surface area contributed by atoms with Crippen molar-refractivity contribution in [2.75, 3.05) is 20.3 Å². The molecular weight excluding hydrogens is 390 g/mol. The molecule has 0 saturated carbocycles. The molecule has 156 valence electrons. The fourth-order valence-electron chi connectivity index (χ4n) is 3.39. The quantitative estimate of drug-likeness (QED) is 0.173. The van der Waals surface area contributed by atoms with Crippen molar-refractivity contribution in [3.8, 4) is 5.75 Å². The van der Waals surface area contributed by atoms with E-state index < -0.39 is 35.1 Å². The Labute approximate surface area is 172 Å². The third-order valence-corrected chi connectivity index (χ3v) is 4.85. The summed E-state index contributed by atoms with van der Waals surface area (Å²) in [5.41, 5.74) is 1.20. The van der Waals surface area contributed by atoms with Crippen LogP contribution >= 0.6 is 0 Å². The number of carbonyl (C=O) groups excluding carboxylic acids is 2. The Bertz CT molecular complexity index is 1050. The number of carbonyl (C=O) groups is 2. The van der Waals surface area contributed by atoms with Gasteiger partial charge < -0.3 is 13.9 Å². The van der Waals surface area contributed by atoms with E-state index in [-0.39, 0.29) is 12.2 Å². The summed E-state index contributed by atoms with van der Waals surface area (Å²) in [7, 11) is 1.50. The summed E-state index contributed by atoms with van der Waals surface area (Å²) in [6.45, 7) is 1.05. The number of Topliss-reactive ketones (excluding diaryl/α,β-unsaturated/α-hetero) is 1. The molecule has 2 unspecified atom stereocenters. The van der Waals surface area contributed by atoms with Crippen molar-refractivity contribution in [3.63, 3.8) is 0 Å². The van der Waals surface area contributed by atoms with E-state index in [0.29, 0.717) is 16.9 Å². The molecule has 0 amide bonds. The monoisotopic (exact) mass is 411 g/mol. The van der Waals surface area contributed by atoms with Gasteiger partial charge in [0, 0.05) is 15.9 Å². The number of hydrogen-bond acceptors (Lipinski definition) is 7. The van der Waals surface area contributed by atoms with Crippen LogP contribution in [0, 0.1) is 16.0 Å². The fraction of sp³-hybridized carbons (Fsp3) is 0.273. The van der Waals surface area contributed by atoms with Crippen LogP contribution in [0.3, 0.4) is 0 Å². The third-order valence-electron chi connectivity index (χ3n) is 4.85. The van der Waals surface area contributed by atoms with Gasteiger partial charge in [0.25, 0.3) is 0 Å². The Balaban J connectivity index is 2.07. The first-order valence-electron chi connectivity index (χ1n) is 9.38. The van der Waals surface area contributed by atoms with Gasteiger partial charge in [-0.3, -0.25) is 19.7 Å². The van der Waals surface area contributed by atoms with Crippen molar-refractivity contribution in [3.05, 3.63) is 76.0 Å². The molecule has 30 heavy (non-hydrogen) atoms. The second-order valence-corrected chi connectivity index (χ2v) is 6.66. The van der Waals surface area contributed by atoms with Crippen molar-refractivity contribution < 1.29 is 28.4 Å². The lowest BCUT2D eigenvalue weighted by Crippen LogP contribution is -2.35. The molecule has 3 aromatic rings. The Morgan fingerprint density at radius 1 is 1.13 bits per heavy atom. The van der Waals surface area contributed by atoms with Crippen molar-refractivity contribution >= 4 is 22.7 Å². The van der Waals surface area contributed by atoms with Crippen LogP contribution in [0.4, 0.5) is 0 Å². The predicted molar refractivity (Wildman–Crippen MR) is 108 cm³/mol. The first-order chi connectivity index (χ1) is 14.4. The minimum absolute atomic E-state index is 0.0492. The third kappa shape index (κ3) is 4.48. The molecule has 8 heteroatoms. The van der Waals surface area contributed by atoms with Gasteiger partial charge in [-0.2, -0.15) is 0 Å². The first kappa shape index (κ1) is 21.0. The molecule has 0 radical (unpaired) electrons. The van der Waals surface area contributed by atoms with E-state index in [1.54, 1.807) is 43.3 Å². The molecule has 0 spiro atoms. The van der Waals surface area contributed by atoms with Gasteiger partial charge in [0.15, 0.2) is 5.78 Å². The number of ketones is 1. The second kappa shape index (κ2) is 9.21. The van der Waals surface area contributed by atoms with Gasteiger partial charge in [-0.05, 0) is 48.9 Å². The Kier molecular flexibility index (Phi) is 6.46. The zero-order chi connectivity index (χ0) is 21.7. The van der Waals surface area contributed by atoms with E-state index in [0.717, 1.165) is 5.39 Å². The van der Waals surface area contributed by atoms with E-state index in [4.69, 9.17) is 13.9 Å². The maximum absolute atomic E-state index is 13.3. The number of nitrogens with zero attached hydrogens (tertiary/aromatic N) is 1. The van der Waals surface area contributed by atoms with E-state index in [1.807, 2.05) is 0 Å². The molecule has 0 N–H and O–H groups in total.